The van der Waals surface area contributed by atoms with E-state index in [1.165, 1.54) is 12.1 Å². The van der Waals surface area contributed by atoms with Crippen LogP contribution in [0.4, 0.5) is 4.39 Å². The van der Waals surface area contributed by atoms with Crippen molar-refractivity contribution in [3.63, 3.8) is 0 Å². The Morgan fingerprint density at radius 3 is 2.35 bits per heavy atom. The summed E-state index contributed by atoms with van der Waals surface area (Å²) in [5.41, 5.74) is 2.17. The Morgan fingerprint density at radius 1 is 0.871 bits per heavy atom. The summed E-state index contributed by atoms with van der Waals surface area (Å²) in [6.45, 7) is 0.700. The standard InChI is InChI=1S/C25H24FNO4/c26-22-10-4-8-20(16-22)18-31-23-11-5-9-21(17-23)25(30)27(15-13-24(28)29)14-12-19-6-2-1-3-7-19/h1-11,16-17H,12-15,18H2,(H,28,29). The van der Waals surface area contributed by atoms with Crippen molar-refractivity contribution in [2.24, 2.45) is 0 Å². The summed E-state index contributed by atoms with van der Waals surface area (Å²) in [4.78, 5) is 25.7. The number of rotatable bonds is 10. The van der Waals surface area contributed by atoms with Crippen molar-refractivity contribution >= 4 is 11.9 Å². The van der Waals surface area contributed by atoms with Gasteiger partial charge in [-0.15, -0.1) is 0 Å². The third-order valence-electron chi connectivity index (χ3n) is 4.77. The van der Waals surface area contributed by atoms with Gasteiger partial charge in [0.05, 0.1) is 6.42 Å². The summed E-state index contributed by atoms with van der Waals surface area (Å²) in [7, 11) is 0. The lowest BCUT2D eigenvalue weighted by atomic mass is 10.1. The van der Waals surface area contributed by atoms with Crippen LogP contribution in [-0.2, 0) is 17.8 Å². The van der Waals surface area contributed by atoms with Gasteiger partial charge in [-0.05, 0) is 47.9 Å². The number of halogens is 1. The van der Waals surface area contributed by atoms with E-state index in [-0.39, 0.29) is 31.3 Å². The van der Waals surface area contributed by atoms with Gasteiger partial charge in [-0.3, -0.25) is 9.59 Å². The Bertz CT molecular complexity index is 1020. The molecule has 0 heterocycles. The predicted molar refractivity (Wildman–Crippen MR) is 115 cm³/mol. The maximum Gasteiger partial charge on any atom is 0.305 e. The third kappa shape index (κ3) is 6.96. The van der Waals surface area contributed by atoms with Crippen LogP contribution in [0, 0.1) is 5.82 Å². The highest BCUT2D eigenvalue weighted by Gasteiger charge is 2.17. The summed E-state index contributed by atoms with van der Waals surface area (Å²) in [6.07, 6.45) is 0.498. The molecule has 0 aliphatic rings. The second-order valence-electron chi connectivity index (χ2n) is 7.12. The molecule has 0 unspecified atom stereocenters. The van der Waals surface area contributed by atoms with Crippen LogP contribution in [0.25, 0.3) is 0 Å². The second kappa shape index (κ2) is 10.9. The molecule has 31 heavy (non-hydrogen) atoms. The second-order valence-corrected chi connectivity index (χ2v) is 7.12. The first-order chi connectivity index (χ1) is 15.0. The third-order valence-corrected chi connectivity index (χ3v) is 4.77. The number of amides is 1. The molecule has 1 amide bonds. The van der Waals surface area contributed by atoms with E-state index in [0.717, 1.165) is 5.56 Å². The highest BCUT2D eigenvalue weighted by atomic mass is 19.1. The number of hydrogen-bond donors (Lipinski definition) is 1. The Morgan fingerprint density at radius 2 is 1.61 bits per heavy atom. The van der Waals surface area contributed by atoms with Gasteiger partial charge in [-0.1, -0.05) is 48.5 Å². The van der Waals surface area contributed by atoms with Gasteiger partial charge in [0.15, 0.2) is 0 Å². The lowest BCUT2D eigenvalue weighted by Crippen LogP contribution is -2.34. The van der Waals surface area contributed by atoms with Crippen molar-refractivity contribution in [2.45, 2.75) is 19.4 Å². The maximum atomic E-state index is 13.3. The number of nitrogens with zero attached hydrogens (tertiary/aromatic N) is 1. The van der Waals surface area contributed by atoms with E-state index in [9.17, 15) is 14.0 Å². The first-order valence-electron chi connectivity index (χ1n) is 10.0. The molecule has 160 valence electrons. The predicted octanol–water partition coefficient (Wildman–Crippen LogP) is 4.56. The van der Waals surface area contributed by atoms with Crippen molar-refractivity contribution < 1.29 is 23.8 Å². The highest BCUT2D eigenvalue weighted by Crippen LogP contribution is 2.18. The molecule has 0 aromatic heterocycles. The quantitative estimate of drug-likeness (QED) is 0.521. The number of carbonyl (C=O) groups excluding carboxylic acids is 1. The molecule has 0 aliphatic carbocycles. The molecule has 0 saturated heterocycles. The summed E-state index contributed by atoms with van der Waals surface area (Å²) in [6, 6.07) is 22.6. The zero-order valence-corrected chi connectivity index (χ0v) is 17.0. The van der Waals surface area contributed by atoms with Gasteiger partial charge in [0.1, 0.15) is 18.2 Å². The van der Waals surface area contributed by atoms with E-state index in [1.54, 1.807) is 41.3 Å². The van der Waals surface area contributed by atoms with Crippen LogP contribution in [-0.4, -0.2) is 35.0 Å². The smallest absolute Gasteiger partial charge is 0.305 e. The van der Waals surface area contributed by atoms with Crippen molar-refractivity contribution in [3.8, 4) is 5.75 Å². The van der Waals surface area contributed by atoms with Gasteiger partial charge in [0, 0.05) is 18.7 Å². The van der Waals surface area contributed by atoms with Gasteiger partial charge in [0.2, 0.25) is 0 Å². The molecule has 0 bridgehead atoms. The lowest BCUT2D eigenvalue weighted by molar-refractivity contribution is -0.137. The number of benzene rings is 3. The van der Waals surface area contributed by atoms with Crippen molar-refractivity contribution in [3.05, 3.63) is 101 Å². The molecule has 3 aromatic carbocycles. The van der Waals surface area contributed by atoms with Crippen LogP contribution in [0.2, 0.25) is 0 Å². The van der Waals surface area contributed by atoms with Crippen LogP contribution in [0.3, 0.4) is 0 Å². The zero-order chi connectivity index (χ0) is 22.1. The van der Waals surface area contributed by atoms with Crippen LogP contribution < -0.4 is 4.74 Å². The molecule has 3 rings (SSSR count). The normalized spacial score (nSPS) is 10.5. The van der Waals surface area contributed by atoms with E-state index < -0.39 is 5.97 Å². The van der Waals surface area contributed by atoms with E-state index in [1.807, 2.05) is 30.3 Å². The Hall–Kier alpha value is -3.67. The lowest BCUT2D eigenvalue weighted by Gasteiger charge is -2.22. The summed E-state index contributed by atoms with van der Waals surface area (Å²) in [5.74, 6) is -1.06. The van der Waals surface area contributed by atoms with Gasteiger partial charge in [0.25, 0.3) is 5.91 Å². The van der Waals surface area contributed by atoms with Crippen molar-refractivity contribution in [2.75, 3.05) is 13.1 Å². The van der Waals surface area contributed by atoms with E-state index in [2.05, 4.69) is 0 Å². The fourth-order valence-corrected chi connectivity index (χ4v) is 3.15. The molecular weight excluding hydrogens is 397 g/mol. The molecule has 3 aromatic rings. The molecule has 0 fully saturated rings. The largest absolute Gasteiger partial charge is 0.489 e. The van der Waals surface area contributed by atoms with Gasteiger partial charge >= 0.3 is 5.97 Å². The summed E-state index contributed by atoms with van der Waals surface area (Å²) >= 11 is 0. The average molecular weight is 421 g/mol. The SMILES string of the molecule is O=C(O)CCN(CCc1ccccc1)C(=O)c1cccc(OCc2cccc(F)c2)c1. The molecule has 6 heteroatoms. The average Bonchev–Trinajstić information content (AvgIpc) is 2.78. The fourth-order valence-electron chi connectivity index (χ4n) is 3.15. The zero-order valence-electron chi connectivity index (χ0n) is 17.0. The van der Waals surface area contributed by atoms with E-state index in [0.29, 0.717) is 29.8 Å². The number of ether oxygens (including phenoxy) is 1. The number of aliphatic carboxylic acids is 1. The minimum Gasteiger partial charge on any atom is -0.489 e. The molecule has 0 spiro atoms. The highest BCUT2D eigenvalue weighted by molar-refractivity contribution is 5.94. The molecule has 1 N–H and O–H groups in total. The summed E-state index contributed by atoms with van der Waals surface area (Å²) in [5, 5.41) is 9.06. The number of carbonyl (C=O) groups is 2. The fraction of sp³-hybridized carbons (Fsp3) is 0.200. The Labute approximate surface area is 180 Å². The number of carboxylic acid groups (broad SMARTS) is 1. The monoisotopic (exact) mass is 421 g/mol. The van der Waals surface area contributed by atoms with Crippen LogP contribution in [0.1, 0.15) is 27.9 Å². The van der Waals surface area contributed by atoms with Gasteiger partial charge in [-0.2, -0.15) is 0 Å². The van der Waals surface area contributed by atoms with Gasteiger partial charge in [-0.25, -0.2) is 4.39 Å². The van der Waals surface area contributed by atoms with E-state index in [4.69, 9.17) is 9.84 Å². The first kappa shape index (κ1) is 22.0. The van der Waals surface area contributed by atoms with Crippen molar-refractivity contribution in [1.29, 1.82) is 0 Å². The molecule has 0 atom stereocenters. The Balaban J connectivity index is 1.68. The molecule has 0 saturated carbocycles. The molecular formula is C25H24FNO4. The Kier molecular flexibility index (Phi) is 7.76. The van der Waals surface area contributed by atoms with Crippen LogP contribution in [0.15, 0.2) is 78.9 Å². The van der Waals surface area contributed by atoms with Crippen molar-refractivity contribution in [1.82, 2.24) is 4.90 Å². The van der Waals surface area contributed by atoms with Gasteiger partial charge < -0.3 is 14.7 Å². The molecule has 0 aliphatic heterocycles. The molecule has 5 nitrogen and oxygen atoms in total. The number of hydrogen-bond acceptors (Lipinski definition) is 3. The minimum atomic E-state index is -0.954. The van der Waals surface area contributed by atoms with E-state index >= 15 is 0 Å². The topological polar surface area (TPSA) is 66.8 Å². The molecule has 0 radical (unpaired) electrons. The minimum absolute atomic E-state index is 0.120. The summed E-state index contributed by atoms with van der Waals surface area (Å²) < 4.78 is 19.0. The number of carboxylic acids is 1. The van der Waals surface area contributed by atoms with Crippen LogP contribution >= 0.6 is 0 Å². The first-order valence-corrected chi connectivity index (χ1v) is 10.0. The maximum absolute atomic E-state index is 13.3. The van der Waals surface area contributed by atoms with Crippen LogP contribution in [0.5, 0.6) is 5.75 Å².